The van der Waals surface area contributed by atoms with Gasteiger partial charge in [-0.25, -0.2) is 0 Å². The van der Waals surface area contributed by atoms with E-state index in [4.69, 9.17) is 5.73 Å². The summed E-state index contributed by atoms with van der Waals surface area (Å²) in [6.45, 7) is 6.72. The van der Waals surface area contributed by atoms with Gasteiger partial charge in [0.1, 0.15) is 0 Å². The maximum atomic E-state index is 5.68. The monoisotopic (exact) mass is 191 g/mol. The van der Waals surface area contributed by atoms with E-state index < -0.39 is 8.80 Å². The molecule has 0 radical (unpaired) electrons. The lowest BCUT2D eigenvalue weighted by atomic mass is 10.5. The Morgan fingerprint density at radius 2 is 1.42 bits per heavy atom. The van der Waals surface area contributed by atoms with Crippen molar-refractivity contribution in [1.82, 2.24) is 0 Å². The molecule has 0 aliphatic carbocycles. The van der Waals surface area contributed by atoms with Gasteiger partial charge < -0.3 is 10.2 Å². The largest absolute Gasteiger partial charge is 0.333 e. The SMILES string of the molecule is CCC(N)[SiH](C)C.C[N+](C)(C)C. The van der Waals surface area contributed by atoms with E-state index in [2.05, 4.69) is 48.2 Å². The van der Waals surface area contributed by atoms with Crippen LogP contribution in [0.1, 0.15) is 13.3 Å². The molecule has 0 heterocycles. The molecule has 0 fully saturated rings. The Kier molecular flexibility index (Phi) is 8.10. The number of hydrogen-bond donors (Lipinski definition) is 1. The Morgan fingerprint density at radius 1 is 1.17 bits per heavy atom. The quantitative estimate of drug-likeness (QED) is 0.513. The molecule has 0 aromatic carbocycles. The van der Waals surface area contributed by atoms with Crippen LogP contribution in [0.25, 0.3) is 0 Å². The summed E-state index contributed by atoms with van der Waals surface area (Å²) >= 11 is 0. The van der Waals surface area contributed by atoms with E-state index >= 15 is 0 Å². The summed E-state index contributed by atoms with van der Waals surface area (Å²) in [7, 11) is 8.01. The molecule has 0 saturated carbocycles. The average Bonchev–Trinajstić information content (AvgIpc) is 1.82. The molecule has 2 nitrogen and oxygen atoms in total. The zero-order valence-corrected chi connectivity index (χ0v) is 11.0. The highest BCUT2D eigenvalue weighted by Gasteiger charge is 2.03. The van der Waals surface area contributed by atoms with Crippen LogP contribution in [0, 0.1) is 0 Å². The van der Waals surface area contributed by atoms with Gasteiger partial charge in [0.05, 0.1) is 37.0 Å². The average molecular weight is 191 g/mol. The minimum Gasteiger partial charge on any atom is -0.333 e. The molecule has 0 aliphatic heterocycles. The molecule has 2 N–H and O–H groups in total. The molecule has 1 unspecified atom stereocenters. The molecule has 0 aromatic rings. The van der Waals surface area contributed by atoms with Crippen molar-refractivity contribution in [3.05, 3.63) is 0 Å². The lowest BCUT2D eigenvalue weighted by Crippen LogP contribution is -2.32. The summed E-state index contributed by atoms with van der Waals surface area (Å²) in [6.07, 6.45) is 1.16. The summed E-state index contributed by atoms with van der Waals surface area (Å²) in [4.78, 5) is 0. The number of quaternary nitrogens is 1. The third kappa shape index (κ3) is 22.5. The van der Waals surface area contributed by atoms with Crippen LogP contribution in [-0.4, -0.2) is 47.1 Å². The fourth-order valence-electron chi connectivity index (χ4n) is 0.471. The van der Waals surface area contributed by atoms with Crippen molar-refractivity contribution in [2.75, 3.05) is 28.2 Å². The first-order chi connectivity index (χ1) is 5.18. The van der Waals surface area contributed by atoms with Gasteiger partial charge in [-0.3, -0.25) is 0 Å². The van der Waals surface area contributed by atoms with E-state index in [0.29, 0.717) is 5.67 Å². The molecule has 3 heteroatoms. The van der Waals surface area contributed by atoms with Gasteiger partial charge in [-0.15, -0.1) is 0 Å². The van der Waals surface area contributed by atoms with Gasteiger partial charge in [0, 0.05) is 0 Å². The predicted octanol–water partition coefficient (Wildman–Crippen LogP) is 1.07. The molecule has 12 heavy (non-hydrogen) atoms. The van der Waals surface area contributed by atoms with Gasteiger partial charge in [0.25, 0.3) is 0 Å². The van der Waals surface area contributed by atoms with Crippen molar-refractivity contribution in [1.29, 1.82) is 0 Å². The minimum atomic E-state index is -0.487. The standard InChI is InChI=1S/C5H15NSi.C4H12N/c1-4-5(6)7(2)3;1-5(2,3)4/h5,7H,4,6H2,1-3H3;1-4H3/q;+1. The van der Waals surface area contributed by atoms with Crippen LogP contribution >= 0.6 is 0 Å². The second-order valence-corrected chi connectivity index (χ2v) is 8.34. The minimum absolute atomic E-state index is 0.487. The summed E-state index contributed by atoms with van der Waals surface area (Å²) in [6, 6.07) is 0. The van der Waals surface area contributed by atoms with Gasteiger partial charge in [-0.1, -0.05) is 20.0 Å². The maximum Gasteiger partial charge on any atom is 0.0675 e. The number of rotatable bonds is 2. The zero-order chi connectivity index (χ0) is 10.4. The van der Waals surface area contributed by atoms with Gasteiger partial charge in [0.15, 0.2) is 0 Å². The van der Waals surface area contributed by atoms with Gasteiger partial charge in [-0.05, 0) is 12.1 Å². The molecule has 0 amide bonds. The van der Waals surface area contributed by atoms with E-state index in [1.54, 1.807) is 0 Å². The fraction of sp³-hybridized carbons (Fsp3) is 1.00. The summed E-state index contributed by atoms with van der Waals surface area (Å²) in [5, 5.41) is 0. The van der Waals surface area contributed by atoms with Crippen LogP contribution in [0.5, 0.6) is 0 Å². The molecule has 0 spiro atoms. The molecular weight excluding hydrogens is 164 g/mol. The lowest BCUT2D eigenvalue weighted by Gasteiger charge is -2.14. The fourth-order valence-corrected chi connectivity index (χ4v) is 1.41. The smallest absolute Gasteiger partial charge is 0.0675 e. The second kappa shape index (κ2) is 6.63. The van der Waals surface area contributed by atoms with Crippen molar-refractivity contribution < 1.29 is 4.48 Å². The molecular formula is C9H27N2Si+. The lowest BCUT2D eigenvalue weighted by molar-refractivity contribution is -0.849. The van der Waals surface area contributed by atoms with Gasteiger partial charge in [0.2, 0.25) is 0 Å². The van der Waals surface area contributed by atoms with E-state index in [1.165, 1.54) is 0 Å². The van der Waals surface area contributed by atoms with Gasteiger partial charge in [-0.2, -0.15) is 0 Å². The van der Waals surface area contributed by atoms with E-state index in [-0.39, 0.29) is 0 Å². The highest BCUT2D eigenvalue weighted by atomic mass is 28.3. The van der Waals surface area contributed by atoms with Crippen LogP contribution < -0.4 is 5.73 Å². The number of hydrogen-bond acceptors (Lipinski definition) is 1. The van der Waals surface area contributed by atoms with Crippen molar-refractivity contribution >= 4 is 8.80 Å². The van der Waals surface area contributed by atoms with Gasteiger partial charge >= 0.3 is 0 Å². The van der Waals surface area contributed by atoms with E-state index in [0.717, 1.165) is 10.9 Å². The summed E-state index contributed by atoms with van der Waals surface area (Å²) in [5.74, 6) is 0. The second-order valence-electron chi connectivity index (χ2n) is 5.00. The normalized spacial score (nSPS) is 13.8. The molecule has 0 aliphatic rings. The third-order valence-electron chi connectivity index (χ3n) is 1.33. The van der Waals surface area contributed by atoms with Crippen LogP contribution in [-0.2, 0) is 0 Å². The van der Waals surface area contributed by atoms with Crippen molar-refractivity contribution in [3.63, 3.8) is 0 Å². The molecule has 0 aromatic heterocycles. The highest BCUT2D eigenvalue weighted by molar-refractivity contribution is 6.57. The van der Waals surface area contributed by atoms with Crippen molar-refractivity contribution in [2.45, 2.75) is 32.1 Å². The Morgan fingerprint density at radius 3 is 1.42 bits per heavy atom. The third-order valence-corrected chi connectivity index (χ3v) is 3.51. The number of nitrogens with two attached hydrogens (primary N) is 1. The van der Waals surface area contributed by atoms with Crippen LogP contribution in [0.15, 0.2) is 0 Å². The Hall–Kier alpha value is 0.137. The predicted molar refractivity (Wildman–Crippen MR) is 61.1 cm³/mol. The van der Waals surface area contributed by atoms with E-state index in [9.17, 15) is 0 Å². The first kappa shape index (κ1) is 14.6. The van der Waals surface area contributed by atoms with E-state index in [1.807, 2.05) is 0 Å². The van der Waals surface area contributed by atoms with Crippen LogP contribution in [0.2, 0.25) is 13.1 Å². The highest BCUT2D eigenvalue weighted by Crippen LogP contribution is 1.90. The molecule has 1 atom stereocenters. The first-order valence-corrected chi connectivity index (χ1v) is 7.70. The summed E-state index contributed by atoms with van der Waals surface area (Å²) in [5.41, 5.74) is 6.22. The number of nitrogens with zero attached hydrogens (tertiary/aromatic N) is 1. The Bertz CT molecular complexity index is 91.2. The van der Waals surface area contributed by atoms with Crippen LogP contribution in [0.3, 0.4) is 0 Å². The first-order valence-electron chi connectivity index (χ1n) is 4.73. The van der Waals surface area contributed by atoms with Crippen molar-refractivity contribution in [2.24, 2.45) is 5.73 Å². The molecule has 76 valence electrons. The van der Waals surface area contributed by atoms with Crippen LogP contribution in [0.4, 0.5) is 0 Å². The Labute approximate surface area is 80.0 Å². The molecule has 0 rings (SSSR count). The summed E-state index contributed by atoms with van der Waals surface area (Å²) < 4.78 is 1.00. The van der Waals surface area contributed by atoms with Crippen molar-refractivity contribution in [3.8, 4) is 0 Å². The Balaban J connectivity index is 0. The topological polar surface area (TPSA) is 26.0 Å². The molecule has 0 bridgehead atoms. The zero-order valence-electron chi connectivity index (χ0n) is 9.89. The molecule has 0 saturated heterocycles. The maximum absolute atomic E-state index is 5.68.